The van der Waals surface area contributed by atoms with Crippen LogP contribution in [0.4, 0.5) is 0 Å². The van der Waals surface area contributed by atoms with Gasteiger partial charge >= 0.3 is 0 Å². The lowest BCUT2D eigenvalue weighted by molar-refractivity contribution is 1.06. The van der Waals surface area contributed by atoms with Crippen LogP contribution in [0, 0.1) is 0 Å². The molecule has 234 valence electrons. The monoisotopic (exact) mass is 714 g/mol. The molecule has 2 heterocycles. The van der Waals surface area contributed by atoms with Crippen LogP contribution < -0.4 is 0 Å². The summed E-state index contributed by atoms with van der Waals surface area (Å²) < 4.78 is 0. The van der Waals surface area contributed by atoms with E-state index in [0.29, 0.717) is 0 Å². The highest BCUT2D eigenvalue weighted by molar-refractivity contribution is 8.02. The molecule has 6 aromatic rings. The first-order valence-corrected chi connectivity index (χ1v) is 21.5. The minimum Gasteiger partial charge on any atom is -0.332 e. The fourth-order valence-corrected chi connectivity index (χ4v) is 8.31. The molecule has 46 heavy (non-hydrogen) atoms. The van der Waals surface area contributed by atoms with E-state index in [-0.39, 0.29) is 0 Å². The number of benzene rings is 4. The number of H-pyrrole nitrogens is 2. The fourth-order valence-electron chi connectivity index (χ4n) is 4.97. The van der Waals surface area contributed by atoms with E-state index in [1.54, 1.807) is 70.6 Å². The van der Waals surface area contributed by atoms with Crippen molar-refractivity contribution in [2.45, 2.75) is 29.9 Å². The van der Waals surface area contributed by atoms with Crippen LogP contribution in [0.2, 0.25) is 0 Å². The molecule has 0 unspecified atom stereocenters. The first-order valence-electron chi connectivity index (χ1n) is 14.6. The average Bonchev–Trinajstić information content (AvgIpc) is 3.75. The summed E-state index contributed by atoms with van der Waals surface area (Å²) in [6.07, 6.45) is 8.41. The number of hydrogen-bond acceptors (Lipinski definition) is 8. The van der Waals surface area contributed by atoms with Crippen molar-refractivity contribution in [2.75, 3.05) is 36.5 Å². The maximum Gasteiger partial charge on any atom is 0.166 e. The van der Waals surface area contributed by atoms with Gasteiger partial charge in [-0.25, -0.2) is 9.97 Å². The minimum atomic E-state index is 0.893. The summed E-state index contributed by atoms with van der Waals surface area (Å²) in [7, 11) is 0. The molecule has 0 saturated carbocycles. The van der Waals surface area contributed by atoms with Crippen LogP contribution in [0.25, 0.3) is 45.0 Å². The van der Waals surface area contributed by atoms with E-state index in [9.17, 15) is 0 Å². The predicted octanol–water partition coefficient (Wildman–Crippen LogP) is 11.6. The van der Waals surface area contributed by atoms with Gasteiger partial charge in [0.2, 0.25) is 0 Å². The van der Waals surface area contributed by atoms with Gasteiger partial charge in [-0.15, -0.1) is 47.0 Å². The lowest BCUT2D eigenvalue weighted by Gasteiger charge is -2.05. The average molecular weight is 715 g/mol. The van der Waals surface area contributed by atoms with Crippen LogP contribution in [-0.4, -0.2) is 56.5 Å². The zero-order chi connectivity index (χ0) is 31.9. The van der Waals surface area contributed by atoms with E-state index in [4.69, 9.17) is 9.97 Å². The molecule has 6 rings (SSSR count). The summed E-state index contributed by atoms with van der Waals surface area (Å²) in [5, 5.41) is 1.86. The smallest absolute Gasteiger partial charge is 0.166 e. The maximum atomic E-state index is 5.08. The number of imidazole rings is 2. The Morgan fingerprint density at radius 3 is 0.978 bits per heavy atom. The van der Waals surface area contributed by atoms with E-state index < -0.39 is 0 Å². The molecular weight excluding hydrogens is 681 g/mol. The minimum absolute atomic E-state index is 0.893. The molecule has 0 aliphatic carbocycles. The van der Waals surface area contributed by atoms with Gasteiger partial charge in [-0.3, -0.25) is 0 Å². The van der Waals surface area contributed by atoms with Gasteiger partial charge in [0.05, 0.1) is 22.8 Å². The van der Waals surface area contributed by atoms with Crippen molar-refractivity contribution in [3.8, 4) is 45.0 Å². The summed E-state index contributed by atoms with van der Waals surface area (Å²) in [4.78, 5) is 22.4. The second-order valence-corrected chi connectivity index (χ2v) is 15.8. The second kappa shape index (κ2) is 16.0. The molecule has 2 N–H and O–H groups in total. The summed E-state index contributed by atoms with van der Waals surface area (Å²) in [6, 6.07) is 34.7. The number of thioether (sulfide) groups is 6. The zero-order valence-corrected chi connectivity index (χ0v) is 30.9. The summed E-state index contributed by atoms with van der Waals surface area (Å²) in [5.41, 5.74) is 8.60. The van der Waals surface area contributed by atoms with Crippen molar-refractivity contribution < 1.29 is 0 Å². The Kier molecular flexibility index (Phi) is 11.6. The highest BCUT2D eigenvalue weighted by Gasteiger charge is 2.17. The number of nitrogens with zero attached hydrogens (tertiary/aromatic N) is 2. The third kappa shape index (κ3) is 7.91. The molecule has 0 saturated heterocycles. The third-order valence-corrected chi connectivity index (χ3v) is 12.4. The van der Waals surface area contributed by atoms with Gasteiger partial charge in [-0.05, 0) is 73.6 Å². The fraction of sp³-hybridized carbons (Fsp3) is 0.167. The van der Waals surface area contributed by atoms with Gasteiger partial charge in [0.1, 0.15) is 0 Å². The van der Waals surface area contributed by atoms with E-state index in [2.05, 4.69) is 132 Å². The number of aromatic nitrogens is 4. The molecule has 10 heteroatoms. The molecule has 0 spiro atoms. The Hall–Kier alpha value is -2.60. The Balaban J connectivity index is 1.20. The van der Waals surface area contributed by atoms with Gasteiger partial charge in [0.25, 0.3) is 0 Å². The molecule has 4 nitrogen and oxygen atoms in total. The number of rotatable bonds is 13. The Morgan fingerprint density at radius 1 is 0.413 bits per heavy atom. The number of nitrogens with one attached hydrogen (secondary N) is 2. The van der Waals surface area contributed by atoms with Gasteiger partial charge in [-0.1, -0.05) is 72.1 Å². The largest absolute Gasteiger partial charge is 0.332 e. The van der Waals surface area contributed by atoms with E-state index >= 15 is 0 Å². The molecule has 0 radical (unpaired) electrons. The first kappa shape index (κ1) is 33.3. The summed E-state index contributed by atoms with van der Waals surface area (Å²) in [6.45, 7) is 0. The maximum absolute atomic E-state index is 5.08. The molecule has 0 amide bonds. The van der Waals surface area contributed by atoms with Crippen LogP contribution in [0.1, 0.15) is 0 Å². The van der Waals surface area contributed by atoms with Crippen molar-refractivity contribution in [3.63, 3.8) is 0 Å². The van der Waals surface area contributed by atoms with Crippen molar-refractivity contribution >= 4 is 70.6 Å². The van der Waals surface area contributed by atoms with Crippen LogP contribution in [-0.2, 0) is 0 Å². The second-order valence-electron chi connectivity index (χ2n) is 10.1. The van der Waals surface area contributed by atoms with Crippen molar-refractivity contribution in [1.82, 2.24) is 19.9 Å². The van der Waals surface area contributed by atoms with Crippen LogP contribution in [0.5, 0.6) is 0 Å². The van der Waals surface area contributed by atoms with E-state index in [1.807, 2.05) is 0 Å². The zero-order valence-electron chi connectivity index (χ0n) is 26.0. The molecular formula is C36H34N4S6. The SMILES string of the molecule is CSc1ccc(-c2nc(SCCSc3nc(-c4ccc(SC)cc4)c(-c4ccc(SC)cc4)[nH]3)[nH]c2-c2ccc(SC)cc2)cc1. The van der Waals surface area contributed by atoms with Gasteiger partial charge in [0, 0.05) is 53.3 Å². The molecule has 0 fully saturated rings. The Labute approximate surface area is 297 Å². The highest BCUT2D eigenvalue weighted by Crippen LogP contribution is 2.37. The molecule has 4 aromatic carbocycles. The van der Waals surface area contributed by atoms with Crippen molar-refractivity contribution in [3.05, 3.63) is 97.1 Å². The van der Waals surface area contributed by atoms with Crippen LogP contribution in [0.3, 0.4) is 0 Å². The molecule has 0 bridgehead atoms. The number of aromatic amines is 2. The van der Waals surface area contributed by atoms with E-state index in [1.165, 1.54) is 19.6 Å². The van der Waals surface area contributed by atoms with Gasteiger partial charge in [-0.2, -0.15) is 0 Å². The summed E-state index contributed by atoms with van der Waals surface area (Å²) >= 11 is 10.5. The van der Waals surface area contributed by atoms with Gasteiger partial charge < -0.3 is 9.97 Å². The van der Waals surface area contributed by atoms with E-state index in [0.717, 1.165) is 66.8 Å². The van der Waals surface area contributed by atoms with Crippen molar-refractivity contribution in [2.24, 2.45) is 0 Å². The van der Waals surface area contributed by atoms with Crippen molar-refractivity contribution in [1.29, 1.82) is 0 Å². The van der Waals surface area contributed by atoms with Crippen LogP contribution >= 0.6 is 70.6 Å². The van der Waals surface area contributed by atoms with Gasteiger partial charge in [0.15, 0.2) is 10.3 Å². The standard InChI is InChI=1S/C36H34N4S6/c1-41-27-13-5-23(6-14-27)31-32(24-7-15-28(42-2)16-8-24)38-35(37-31)45-21-22-46-36-39-33(25-9-17-29(43-3)18-10-25)34(40-36)26-11-19-30(44-4)20-12-26/h5-20H,21-22H2,1-4H3,(H,37,38)(H,39,40). The summed E-state index contributed by atoms with van der Waals surface area (Å²) in [5.74, 6) is 1.79. The lowest BCUT2D eigenvalue weighted by Crippen LogP contribution is -1.87. The quantitative estimate of drug-likeness (QED) is 0.0906. The first-order chi connectivity index (χ1) is 22.6. The third-order valence-electron chi connectivity index (χ3n) is 7.41. The molecule has 0 atom stereocenters. The molecule has 0 aliphatic rings. The Bertz CT molecular complexity index is 1590. The topological polar surface area (TPSA) is 57.4 Å². The predicted molar refractivity (Wildman–Crippen MR) is 207 cm³/mol. The normalized spacial score (nSPS) is 11.3. The van der Waals surface area contributed by atoms with Crippen LogP contribution in [0.15, 0.2) is 127 Å². The molecule has 0 aliphatic heterocycles. The number of hydrogen-bond donors (Lipinski definition) is 2. The lowest BCUT2D eigenvalue weighted by atomic mass is 10.1. The molecule has 2 aromatic heterocycles. The Morgan fingerprint density at radius 2 is 0.696 bits per heavy atom. The highest BCUT2D eigenvalue weighted by atomic mass is 32.2.